The number of carboxylic acid groups (broad SMARTS) is 1. The van der Waals surface area contributed by atoms with E-state index in [9.17, 15) is 9.59 Å². The number of nitrogens with one attached hydrogen (secondary N) is 1. The molecule has 106 valence electrons. The molecule has 4 heteroatoms. The van der Waals surface area contributed by atoms with Gasteiger partial charge in [0.15, 0.2) is 0 Å². The molecule has 1 fully saturated rings. The Labute approximate surface area is 111 Å². The number of aliphatic carboxylic acids is 1. The Morgan fingerprint density at radius 3 is 2.61 bits per heavy atom. The molecule has 1 rings (SSSR count). The standard InChI is InChI=1S/C14H25NO3.H2/c1-11-7-4-5-8-12(11)14(18)15-10-6-2-3-9-13(16)17;/h11-12H,2-10H2,1H3,(H,15,18)(H,16,17);1H. The quantitative estimate of drug-likeness (QED) is 0.689. The third kappa shape index (κ3) is 5.52. The van der Waals surface area contributed by atoms with Crippen molar-refractivity contribution in [1.29, 1.82) is 0 Å². The highest BCUT2D eigenvalue weighted by atomic mass is 16.4. The monoisotopic (exact) mass is 257 g/mol. The van der Waals surface area contributed by atoms with Crippen molar-refractivity contribution in [2.24, 2.45) is 11.8 Å². The zero-order chi connectivity index (χ0) is 13.4. The summed E-state index contributed by atoms with van der Waals surface area (Å²) < 4.78 is 0. The summed E-state index contributed by atoms with van der Waals surface area (Å²) in [5, 5.41) is 11.5. The highest BCUT2D eigenvalue weighted by Crippen LogP contribution is 2.29. The van der Waals surface area contributed by atoms with Crippen molar-refractivity contribution >= 4 is 11.9 Å². The first-order valence-corrected chi connectivity index (χ1v) is 7.10. The maximum absolute atomic E-state index is 11.9. The van der Waals surface area contributed by atoms with E-state index in [1.54, 1.807) is 0 Å². The minimum Gasteiger partial charge on any atom is -0.481 e. The average Bonchev–Trinajstić information content (AvgIpc) is 2.33. The molecule has 4 nitrogen and oxygen atoms in total. The molecule has 0 spiro atoms. The number of carboxylic acids is 1. The third-order valence-corrected chi connectivity index (χ3v) is 3.81. The van der Waals surface area contributed by atoms with Crippen molar-refractivity contribution in [2.75, 3.05) is 6.54 Å². The molecular formula is C14H27NO3. The summed E-state index contributed by atoms with van der Waals surface area (Å²) in [5.41, 5.74) is 0. The smallest absolute Gasteiger partial charge is 0.303 e. The van der Waals surface area contributed by atoms with Gasteiger partial charge in [-0.3, -0.25) is 9.59 Å². The second-order valence-corrected chi connectivity index (χ2v) is 5.36. The molecule has 0 aromatic carbocycles. The van der Waals surface area contributed by atoms with Crippen molar-refractivity contribution in [2.45, 2.75) is 58.3 Å². The number of hydrogen-bond acceptors (Lipinski definition) is 2. The van der Waals surface area contributed by atoms with Crippen LogP contribution in [-0.4, -0.2) is 23.5 Å². The lowest BCUT2D eigenvalue weighted by molar-refractivity contribution is -0.137. The normalized spacial score (nSPS) is 23.6. The van der Waals surface area contributed by atoms with Crippen molar-refractivity contribution in [3.8, 4) is 0 Å². The van der Waals surface area contributed by atoms with E-state index in [0.29, 0.717) is 18.9 Å². The molecule has 1 aliphatic rings. The van der Waals surface area contributed by atoms with E-state index in [4.69, 9.17) is 5.11 Å². The van der Waals surface area contributed by atoms with E-state index in [2.05, 4.69) is 12.2 Å². The number of carbonyl (C=O) groups excluding carboxylic acids is 1. The summed E-state index contributed by atoms with van der Waals surface area (Å²) in [6, 6.07) is 0. The Kier molecular flexibility index (Phi) is 6.76. The zero-order valence-electron chi connectivity index (χ0n) is 11.3. The third-order valence-electron chi connectivity index (χ3n) is 3.81. The van der Waals surface area contributed by atoms with Gasteiger partial charge < -0.3 is 10.4 Å². The molecule has 0 aromatic rings. The van der Waals surface area contributed by atoms with Crippen molar-refractivity contribution in [3.63, 3.8) is 0 Å². The number of amides is 1. The van der Waals surface area contributed by atoms with Gasteiger partial charge >= 0.3 is 5.97 Å². The highest BCUT2D eigenvalue weighted by molar-refractivity contribution is 5.78. The summed E-state index contributed by atoms with van der Waals surface area (Å²) in [6.07, 6.45) is 7.27. The number of hydrogen-bond donors (Lipinski definition) is 2. The van der Waals surface area contributed by atoms with Crippen LogP contribution in [0.3, 0.4) is 0 Å². The largest absolute Gasteiger partial charge is 0.481 e. The Hall–Kier alpha value is -1.06. The molecule has 18 heavy (non-hydrogen) atoms. The van der Waals surface area contributed by atoms with Crippen LogP contribution >= 0.6 is 0 Å². The summed E-state index contributed by atoms with van der Waals surface area (Å²) in [6.45, 7) is 2.85. The van der Waals surface area contributed by atoms with Crippen molar-refractivity contribution in [3.05, 3.63) is 0 Å². The molecule has 0 saturated heterocycles. The predicted molar refractivity (Wildman–Crippen MR) is 72.3 cm³/mol. The highest BCUT2D eigenvalue weighted by Gasteiger charge is 2.27. The molecule has 0 bridgehead atoms. The molecule has 0 aliphatic heterocycles. The van der Waals surface area contributed by atoms with Crippen LogP contribution in [0.2, 0.25) is 0 Å². The first kappa shape index (κ1) is 15.0. The summed E-state index contributed by atoms with van der Waals surface area (Å²) in [7, 11) is 0. The van der Waals surface area contributed by atoms with E-state index in [-0.39, 0.29) is 19.7 Å². The van der Waals surface area contributed by atoms with Crippen molar-refractivity contribution in [1.82, 2.24) is 5.32 Å². The fourth-order valence-corrected chi connectivity index (χ4v) is 2.63. The van der Waals surface area contributed by atoms with Gasteiger partial charge in [-0.1, -0.05) is 26.2 Å². The molecule has 2 unspecified atom stereocenters. The topological polar surface area (TPSA) is 66.4 Å². The van der Waals surface area contributed by atoms with Crippen LogP contribution in [0, 0.1) is 11.8 Å². The average molecular weight is 257 g/mol. The lowest BCUT2D eigenvalue weighted by Crippen LogP contribution is -2.36. The van der Waals surface area contributed by atoms with Gasteiger partial charge in [0, 0.05) is 20.3 Å². The van der Waals surface area contributed by atoms with E-state index < -0.39 is 5.97 Å². The van der Waals surface area contributed by atoms with E-state index in [1.165, 1.54) is 12.8 Å². The fraction of sp³-hybridized carbons (Fsp3) is 0.857. The Morgan fingerprint density at radius 2 is 1.94 bits per heavy atom. The summed E-state index contributed by atoms with van der Waals surface area (Å²) in [4.78, 5) is 22.3. The van der Waals surface area contributed by atoms with E-state index >= 15 is 0 Å². The maximum Gasteiger partial charge on any atom is 0.303 e. The molecule has 0 heterocycles. The van der Waals surface area contributed by atoms with Crippen LogP contribution in [0.25, 0.3) is 0 Å². The lowest BCUT2D eigenvalue weighted by Gasteiger charge is -2.27. The first-order chi connectivity index (χ1) is 8.61. The molecule has 1 aliphatic carbocycles. The summed E-state index contributed by atoms with van der Waals surface area (Å²) in [5.74, 6) is 0.152. The molecule has 0 aromatic heterocycles. The first-order valence-electron chi connectivity index (χ1n) is 7.10. The van der Waals surface area contributed by atoms with Gasteiger partial charge in [0.1, 0.15) is 0 Å². The van der Waals surface area contributed by atoms with E-state index in [0.717, 1.165) is 25.7 Å². The number of rotatable bonds is 7. The maximum atomic E-state index is 11.9. The SMILES string of the molecule is CC1CCCCC1C(=O)NCCCCCC(=O)O.[HH]. The molecule has 0 radical (unpaired) electrons. The van der Waals surface area contributed by atoms with Crippen LogP contribution in [-0.2, 0) is 9.59 Å². The van der Waals surface area contributed by atoms with Gasteiger partial charge in [-0.25, -0.2) is 0 Å². The zero-order valence-corrected chi connectivity index (χ0v) is 11.3. The van der Waals surface area contributed by atoms with Crippen molar-refractivity contribution < 1.29 is 16.1 Å². The van der Waals surface area contributed by atoms with E-state index in [1.807, 2.05) is 0 Å². The minimum absolute atomic E-state index is 0. The van der Waals surface area contributed by atoms with Crippen LogP contribution in [0.4, 0.5) is 0 Å². The minimum atomic E-state index is -0.741. The predicted octanol–water partition coefficient (Wildman–Crippen LogP) is 2.82. The van der Waals surface area contributed by atoms with Gasteiger partial charge in [-0.2, -0.15) is 0 Å². The Balaban J connectivity index is 0.00000324. The van der Waals surface area contributed by atoms with Crippen LogP contribution < -0.4 is 5.32 Å². The molecule has 1 saturated carbocycles. The molecular weight excluding hydrogens is 230 g/mol. The Bertz CT molecular complexity index is 284. The molecule has 2 N–H and O–H groups in total. The van der Waals surface area contributed by atoms with Gasteiger partial charge in [0.2, 0.25) is 5.91 Å². The number of carbonyl (C=O) groups is 2. The Morgan fingerprint density at radius 1 is 1.22 bits per heavy atom. The van der Waals surface area contributed by atoms with Crippen LogP contribution in [0.5, 0.6) is 0 Å². The lowest BCUT2D eigenvalue weighted by atomic mass is 9.80. The number of unbranched alkanes of at least 4 members (excludes halogenated alkanes) is 2. The fourth-order valence-electron chi connectivity index (χ4n) is 2.63. The van der Waals surface area contributed by atoms with Gasteiger partial charge in [0.05, 0.1) is 0 Å². The van der Waals surface area contributed by atoms with Crippen LogP contribution in [0.1, 0.15) is 59.7 Å². The second-order valence-electron chi connectivity index (χ2n) is 5.36. The summed E-state index contributed by atoms with van der Waals surface area (Å²) >= 11 is 0. The van der Waals surface area contributed by atoms with Crippen LogP contribution in [0.15, 0.2) is 0 Å². The van der Waals surface area contributed by atoms with Gasteiger partial charge in [0.25, 0.3) is 0 Å². The molecule has 2 atom stereocenters. The van der Waals surface area contributed by atoms with Gasteiger partial charge in [-0.15, -0.1) is 0 Å². The van der Waals surface area contributed by atoms with Gasteiger partial charge in [-0.05, 0) is 31.6 Å². The molecule has 1 amide bonds. The second kappa shape index (κ2) is 8.11.